The van der Waals surface area contributed by atoms with E-state index in [-0.39, 0.29) is 16.7 Å². The summed E-state index contributed by atoms with van der Waals surface area (Å²) in [7, 11) is -4.21. The first-order valence-electron chi connectivity index (χ1n) is 11.0. The Balaban J connectivity index is 1.59. The molecule has 0 radical (unpaired) electrons. The van der Waals surface area contributed by atoms with Crippen molar-refractivity contribution in [2.24, 2.45) is 0 Å². The van der Waals surface area contributed by atoms with Crippen LogP contribution in [0.4, 0.5) is 15.8 Å². The van der Waals surface area contributed by atoms with Crippen LogP contribution in [-0.4, -0.2) is 40.2 Å². The van der Waals surface area contributed by atoms with Crippen molar-refractivity contribution in [1.82, 2.24) is 0 Å². The van der Waals surface area contributed by atoms with E-state index >= 15 is 0 Å². The number of amides is 1. The average molecular weight is 501 g/mol. The topological polar surface area (TPSA) is 94.2 Å². The monoisotopic (exact) mass is 500 g/mol. The molecule has 10 heteroatoms. The number of halogens is 1. The van der Waals surface area contributed by atoms with Gasteiger partial charge in [-0.1, -0.05) is 0 Å². The summed E-state index contributed by atoms with van der Waals surface area (Å²) in [5, 5.41) is 2.69. The van der Waals surface area contributed by atoms with Crippen LogP contribution in [0.3, 0.4) is 0 Å². The van der Waals surface area contributed by atoms with E-state index in [0.29, 0.717) is 36.1 Å². The van der Waals surface area contributed by atoms with E-state index in [1.165, 1.54) is 30.3 Å². The Morgan fingerprint density at radius 2 is 1.66 bits per heavy atom. The van der Waals surface area contributed by atoms with Gasteiger partial charge in [0.25, 0.3) is 10.0 Å². The van der Waals surface area contributed by atoms with Crippen LogP contribution < -0.4 is 23.8 Å². The van der Waals surface area contributed by atoms with Crippen molar-refractivity contribution in [1.29, 1.82) is 0 Å². The summed E-state index contributed by atoms with van der Waals surface area (Å²) in [6.45, 7) is 3.93. The third-order valence-corrected chi connectivity index (χ3v) is 6.78. The Morgan fingerprint density at radius 3 is 2.31 bits per heavy atom. The molecule has 4 rings (SSSR count). The molecule has 0 aromatic heterocycles. The van der Waals surface area contributed by atoms with E-state index < -0.39 is 28.3 Å². The van der Waals surface area contributed by atoms with Crippen molar-refractivity contribution in [2.75, 3.05) is 29.4 Å². The van der Waals surface area contributed by atoms with Gasteiger partial charge in [0.05, 0.1) is 16.7 Å². The van der Waals surface area contributed by atoms with Gasteiger partial charge in [-0.05, 0) is 74.5 Å². The predicted molar refractivity (Wildman–Crippen MR) is 129 cm³/mol. The fraction of sp³-hybridized carbons (Fsp3) is 0.240. The maximum absolute atomic E-state index is 13.6. The van der Waals surface area contributed by atoms with E-state index in [9.17, 15) is 17.6 Å². The Bertz CT molecular complexity index is 1290. The van der Waals surface area contributed by atoms with E-state index in [2.05, 4.69) is 5.32 Å². The van der Waals surface area contributed by atoms with Gasteiger partial charge in [0.15, 0.2) is 11.5 Å². The lowest BCUT2D eigenvalue weighted by atomic mass is 10.3. The van der Waals surface area contributed by atoms with Gasteiger partial charge in [0.1, 0.15) is 31.3 Å². The van der Waals surface area contributed by atoms with Crippen LogP contribution in [0.5, 0.6) is 17.2 Å². The molecule has 0 spiro atoms. The number of sulfonamides is 1. The summed E-state index contributed by atoms with van der Waals surface area (Å²) in [4.78, 5) is 12.8. The third-order valence-electron chi connectivity index (χ3n) is 5.01. The number of nitrogens with zero attached hydrogens (tertiary/aromatic N) is 1. The fourth-order valence-electron chi connectivity index (χ4n) is 3.45. The van der Waals surface area contributed by atoms with Gasteiger partial charge in [-0.3, -0.25) is 9.10 Å². The quantitative estimate of drug-likeness (QED) is 0.498. The first-order chi connectivity index (χ1) is 16.7. The Morgan fingerprint density at radius 1 is 1.00 bits per heavy atom. The first-order valence-corrected chi connectivity index (χ1v) is 12.4. The number of benzene rings is 3. The molecular formula is C25H25FN2O6S. The minimum Gasteiger partial charge on any atom is -0.491 e. The lowest BCUT2D eigenvalue weighted by molar-refractivity contribution is -0.114. The van der Waals surface area contributed by atoms with Crippen LogP contribution in [-0.2, 0) is 14.8 Å². The highest BCUT2D eigenvalue weighted by molar-refractivity contribution is 7.92. The van der Waals surface area contributed by atoms with Gasteiger partial charge in [-0.25, -0.2) is 12.8 Å². The maximum atomic E-state index is 13.6. The van der Waals surface area contributed by atoms with Crippen LogP contribution in [0.15, 0.2) is 71.6 Å². The van der Waals surface area contributed by atoms with E-state index in [4.69, 9.17) is 14.2 Å². The molecule has 0 saturated carbocycles. The van der Waals surface area contributed by atoms with Crippen LogP contribution in [0.1, 0.15) is 13.8 Å². The van der Waals surface area contributed by atoms with Crippen molar-refractivity contribution in [3.8, 4) is 17.2 Å². The molecule has 3 aromatic rings. The SMILES string of the molecule is CC(C)Oc1ccc(NC(=O)CN(c2ccc(F)cc2)S(=O)(=O)c2ccc3c(c2)OCCO3)cc1. The fourth-order valence-corrected chi connectivity index (χ4v) is 4.89. The second-order valence-electron chi connectivity index (χ2n) is 8.03. The molecular weight excluding hydrogens is 475 g/mol. The molecule has 1 aliphatic heterocycles. The Labute approximate surface area is 203 Å². The van der Waals surface area contributed by atoms with Crippen molar-refractivity contribution in [3.05, 3.63) is 72.5 Å². The number of carbonyl (C=O) groups is 1. The Kier molecular flexibility index (Phi) is 7.11. The number of fused-ring (bicyclic) bond motifs is 1. The first kappa shape index (κ1) is 24.3. The molecule has 0 fully saturated rings. The molecule has 0 atom stereocenters. The predicted octanol–water partition coefficient (Wildman–Crippen LogP) is 4.22. The number of carbonyl (C=O) groups excluding carboxylic acids is 1. The summed E-state index contributed by atoms with van der Waals surface area (Å²) < 4.78 is 58.2. The number of rotatable bonds is 8. The lowest BCUT2D eigenvalue weighted by Gasteiger charge is -2.25. The molecule has 0 aliphatic carbocycles. The van der Waals surface area contributed by atoms with Crippen LogP contribution in [0.25, 0.3) is 0 Å². The molecule has 0 saturated heterocycles. The second-order valence-corrected chi connectivity index (χ2v) is 9.90. The average Bonchev–Trinajstić information content (AvgIpc) is 2.84. The highest BCUT2D eigenvalue weighted by Gasteiger charge is 2.29. The zero-order chi connectivity index (χ0) is 25.0. The zero-order valence-electron chi connectivity index (χ0n) is 19.2. The van der Waals surface area contributed by atoms with Crippen molar-refractivity contribution < 1.29 is 31.8 Å². The molecule has 1 N–H and O–H groups in total. The molecule has 35 heavy (non-hydrogen) atoms. The summed E-state index contributed by atoms with van der Waals surface area (Å²) >= 11 is 0. The van der Waals surface area contributed by atoms with Crippen molar-refractivity contribution in [3.63, 3.8) is 0 Å². The third kappa shape index (κ3) is 5.83. The highest BCUT2D eigenvalue weighted by Crippen LogP contribution is 2.34. The van der Waals surface area contributed by atoms with Crippen molar-refractivity contribution in [2.45, 2.75) is 24.8 Å². The minimum atomic E-state index is -4.21. The van der Waals surface area contributed by atoms with Crippen LogP contribution in [0, 0.1) is 5.82 Å². The molecule has 8 nitrogen and oxygen atoms in total. The van der Waals surface area contributed by atoms with Gasteiger partial charge in [-0.15, -0.1) is 0 Å². The molecule has 1 amide bonds. The number of nitrogens with one attached hydrogen (secondary N) is 1. The van der Waals surface area contributed by atoms with Crippen LogP contribution >= 0.6 is 0 Å². The number of hydrogen-bond acceptors (Lipinski definition) is 6. The molecule has 3 aromatic carbocycles. The molecule has 1 aliphatic rings. The largest absolute Gasteiger partial charge is 0.491 e. The summed E-state index contributed by atoms with van der Waals surface area (Å²) in [5.41, 5.74) is 0.610. The zero-order valence-corrected chi connectivity index (χ0v) is 20.0. The highest BCUT2D eigenvalue weighted by atomic mass is 32.2. The van der Waals surface area contributed by atoms with Gasteiger partial charge in [-0.2, -0.15) is 0 Å². The van der Waals surface area contributed by atoms with Gasteiger partial charge < -0.3 is 19.5 Å². The van der Waals surface area contributed by atoms with Crippen LogP contribution in [0.2, 0.25) is 0 Å². The second kappa shape index (κ2) is 10.2. The van der Waals surface area contributed by atoms with E-state index in [1.807, 2.05) is 13.8 Å². The van der Waals surface area contributed by atoms with Gasteiger partial charge >= 0.3 is 0 Å². The smallest absolute Gasteiger partial charge is 0.264 e. The summed E-state index contributed by atoms with van der Waals surface area (Å²) in [6.07, 6.45) is 0.00507. The van der Waals surface area contributed by atoms with E-state index in [1.54, 1.807) is 24.3 Å². The Hall–Kier alpha value is -3.79. The number of hydrogen-bond donors (Lipinski definition) is 1. The maximum Gasteiger partial charge on any atom is 0.264 e. The number of anilines is 2. The minimum absolute atomic E-state index is 0.00507. The summed E-state index contributed by atoms with van der Waals surface area (Å²) in [6, 6.07) is 15.8. The standard InChI is InChI=1S/C25H25FN2O6S/c1-17(2)34-21-9-5-19(6-10-21)27-25(29)16-28(20-7-3-18(26)4-8-20)35(30,31)22-11-12-23-24(15-22)33-14-13-32-23/h3-12,15,17H,13-14,16H2,1-2H3,(H,27,29). The molecule has 0 bridgehead atoms. The molecule has 184 valence electrons. The van der Waals surface area contributed by atoms with E-state index in [0.717, 1.165) is 16.4 Å². The lowest BCUT2D eigenvalue weighted by Crippen LogP contribution is -2.38. The number of ether oxygens (including phenoxy) is 3. The normalized spacial score (nSPS) is 12.8. The summed E-state index contributed by atoms with van der Waals surface area (Å²) in [5.74, 6) is 0.273. The van der Waals surface area contributed by atoms with Crippen molar-refractivity contribution >= 4 is 27.3 Å². The molecule has 1 heterocycles. The van der Waals surface area contributed by atoms with Gasteiger partial charge in [0.2, 0.25) is 5.91 Å². The molecule has 0 unspecified atom stereocenters. The van der Waals surface area contributed by atoms with Gasteiger partial charge in [0, 0.05) is 11.8 Å².